The Morgan fingerprint density at radius 3 is 2.50 bits per heavy atom. The lowest BCUT2D eigenvalue weighted by atomic mass is 9.97. The smallest absolute Gasteiger partial charge is 0.0952 e. The highest BCUT2D eigenvalue weighted by Gasteiger charge is 2.12. The molecule has 0 spiro atoms. The zero-order chi connectivity index (χ0) is 11.1. The second-order valence-electron chi connectivity index (χ2n) is 3.83. The van der Waals surface area contributed by atoms with E-state index in [0.29, 0.717) is 24.5 Å². The van der Waals surface area contributed by atoms with Gasteiger partial charge in [-0.3, -0.25) is 0 Å². The lowest BCUT2D eigenvalue weighted by molar-refractivity contribution is 0.102. The van der Waals surface area contributed by atoms with Crippen LogP contribution in [0, 0.1) is 5.92 Å². The van der Waals surface area contributed by atoms with E-state index >= 15 is 0 Å². The molecule has 0 aromatic carbocycles. The van der Waals surface area contributed by atoms with E-state index in [4.69, 9.17) is 0 Å². The van der Waals surface area contributed by atoms with Crippen molar-refractivity contribution in [1.82, 2.24) is 0 Å². The summed E-state index contributed by atoms with van der Waals surface area (Å²) in [6.45, 7) is 9.47. The first kappa shape index (κ1) is 13.2. The molecule has 0 heterocycles. The molecule has 0 aromatic heterocycles. The minimum atomic E-state index is -0.320. The lowest BCUT2D eigenvalue weighted by Crippen LogP contribution is -2.16. The van der Waals surface area contributed by atoms with Gasteiger partial charge in [-0.05, 0) is 24.8 Å². The Hall–Kier alpha value is -0.760. The Balaban J connectivity index is 4.00. The van der Waals surface area contributed by atoms with Crippen LogP contribution in [0.25, 0.3) is 0 Å². The quantitative estimate of drug-likeness (QED) is 0.508. The summed E-state index contributed by atoms with van der Waals surface area (Å²) in [4.78, 5) is 0. The molecule has 0 aromatic rings. The van der Waals surface area contributed by atoms with Gasteiger partial charge in [0.1, 0.15) is 0 Å². The van der Waals surface area contributed by atoms with Crippen LogP contribution in [0.5, 0.6) is 0 Å². The van der Waals surface area contributed by atoms with Crippen LogP contribution in [0.15, 0.2) is 24.0 Å². The number of aliphatic hydroxyl groups is 2. The molecule has 0 saturated carbocycles. The largest absolute Gasteiger partial charge is 0.512 e. The third kappa shape index (κ3) is 4.47. The fourth-order valence-electron chi connectivity index (χ4n) is 1.16. The monoisotopic (exact) mass is 198 g/mol. The number of aliphatic hydroxyl groups excluding tert-OH is 2. The van der Waals surface area contributed by atoms with Crippen LogP contribution < -0.4 is 0 Å². The summed E-state index contributed by atoms with van der Waals surface area (Å²) in [6, 6.07) is 0. The minimum Gasteiger partial charge on any atom is -0.512 e. The topological polar surface area (TPSA) is 40.5 Å². The molecule has 0 fully saturated rings. The van der Waals surface area contributed by atoms with E-state index in [1.807, 2.05) is 13.8 Å². The van der Waals surface area contributed by atoms with E-state index in [1.165, 1.54) is 0 Å². The number of allylic oxidation sites excluding steroid dienone is 3. The summed E-state index contributed by atoms with van der Waals surface area (Å²) in [5.41, 5.74) is 0.793. The first-order valence-electron chi connectivity index (χ1n) is 5.22. The molecule has 0 aliphatic rings. The van der Waals surface area contributed by atoms with Crippen LogP contribution in [0.3, 0.4) is 0 Å². The molecular formula is C12H22O2. The summed E-state index contributed by atoms with van der Waals surface area (Å²) < 4.78 is 0. The lowest BCUT2D eigenvalue weighted by Gasteiger charge is -2.16. The van der Waals surface area contributed by atoms with E-state index in [0.717, 1.165) is 12.0 Å². The van der Waals surface area contributed by atoms with Gasteiger partial charge in [-0.1, -0.05) is 32.9 Å². The van der Waals surface area contributed by atoms with Gasteiger partial charge >= 0.3 is 0 Å². The van der Waals surface area contributed by atoms with E-state index in [2.05, 4.69) is 13.5 Å². The van der Waals surface area contributed by atoms with Crippen molar-refractivity contribution in [1.29, 1.82) is 0 Å². The fraction of sp³-hybridized carbons (Fsp3) is 0.667. The van der Waals surface area contributed by atoms with Gasteiger partial charge in [-0.25, -0.2) is 0 Å². The Morgan fingerprint density at radius 2 is 2.07 bits per heavy atom. The van der Waals surface area contributed by atoms with E-state index < -0.39 is 0 Å². The number of hydrogen-bond acceptors (Lipinski definition) is 2. The summed E-state index contributed by atoms with van der Waals surface area (Å²) in [5, 5.41) is 19.2. The molecule has 0 radical (unpaired) electrons. The predicted octanol–water partition coefficient (Wildman–Crippen LogP) is 3.19. The van der Waals surface area contributed by atoms with Crippen molar-refractivity contribution in [2.75, 3.05) is 0 Å². The normalized spacial score (nSPS) is 17.1. The van der Waals surface area contributed by atoms with Crippen molar-refractivity contribution in [2.45, 2.75) is 46.1 Å². The molecule has 0 aliphatic heterocycles. The van der Waals surface area contributed by atoms with Crippen LogP contribution in [0.1, 0.15) is 40.0 Å². The highest BCUT2D eigenvalue weighted by molar-refractivity contribution is 5.16. The Bertz CT molecular complexity index is 206. The molecule has 2 atom stereocenters. The number of rotatable bonds is 6. The maximum Gasteiger partial charge on any atom is 0.0952 e. The van der Waals surface area contributed by atoms with Crippen LogP contribution in [-0.2, 0) is 0 Å². The van der Waals surface area contributed by atoms with Gasteiger partial charge in [0.2, 0.25) is 0 Å². The third-order valence-electron chi connectivity index (χ3n) is 2.74. The van der Waals surface area contributed by atoms with E-state index in [1.54, 1.807) is 6.08 Å². The molecule has 82 valence electrons. The van der Waals surface area contributed by atoms with Gasteiger partial charge in [0.25, 0.3) is 0 Å². The first-order valence-corrected chi connectivity index (χ1v) is 5.22. The Kier molecular flexibility index (Phi) is 6.30. The molecule has 0 amide bonds. The van der Waals surface area contributed by atoms with Crippen molar-refractivity contribution in [3.05, 3.63) is 24.0 Å². The van der Waals surface area contributed by atoms with Crippen LogP contribution in [0.2, 0.25) is 0 Å². The maximum atomic E-state index is 9.66. The van der Waals surface area contributed by atoms with Crippen molar-refractivity contribution < 1.29 is 10.2 Å². The third-order valence-corrected chi connectivity index (χ3v) is 2.74. The SMILES string of the molecule is C=CC(C)=C(O)CCC(O)C(C)CC. The highest BCUT2D eigenvalue weighted by atomic mass is 16.3. The molecule has 2 unspecified atom stereocenters. The molecule has 2 N–H and O–H groups in total. The average Bonchev–Trinajstić information content (AvgIpc) is 2.22. The van der Waals surface area contributed by atoms with Crippen molar-refractivity contribution >= 4 is 0 Å². The number of hydrogen-bond donors (Lipinski definition) is 2. The summed E-state index contributed by atoms with van der Waals surface area (Å²) in [5.74, 6) is 0.634. The predicted molar refractivity (Wildman–Crippen MR) is 60.2 cm³/mol. The molecule has 2 heteroatoms. The fourth-order valence-corrected chi connectivity index (χ4v) is 1.16. The van der Waals surface area contributed by atoms with Crippen LogP contribution in [0.4, 0.5) is 0 Å². The van der Waals surface area contributed by atoms with Gasteiger partial charge in [0.15, 0.2) is 0 Å². The van der Waals surface area contributed by atoms with Crippen molar-refractivity contribution in [3.8, 4) is 0 Å². The molecule has 0 saturated heterocycles. The van der Waals surface area contributed by atoms with Gasteiger partial charge in [0, 0.05) is 6.42 Å². The van der Waals surface area contributed by atoms with Crippen LogP contribution >= 0.6 is 0 Å². The summed E-state index contributed by atoms with van der Waals surface area (Å²) in [7, 11) is 0. The van der Waals surface area contributed by atoms with E-state index in [9.17, 15) is 10.2 Å². The Labute approximate surface area is 87.0 Å². The second-order valence-corrected chi connectivity index (χ2v) is 3.83. The average molecular weight is 198 g/mol. The molecule has 2 nitrogen and oxygen atoms in total. The van der Waals surface area contributed by atoms with Gasteiger partial charge in [-0.15, -0.1) is 0 Å². The summed E-state index contributed by atoms with van der Waals surface area (Å²) in [6.07, 6.45) is 3.42. The molecule has 0 aliphatic carbocycles. The zero-order valence-electron chi connectivity index (χ0n) is 9.45. The second kappa shape index (κ2) is 6.66. The van der Waals surface area contributed by atoms with E-state index in [-0.39, 0.29) is 6.10 Å². The minimum absolute atomic E-state index is 0.298. The zero-order valence-corrected chi connectivity index (χ0v) is 9.45. The summed E-state index contributed by atoms with van der Waals surface area (Å²) >= 11 is 0. The first-order chi connectivity index (χ1) is 6.52. The van der Waals surface area contributed by atoms with Crippen LogP contribution in [-0.4, -0.2) is 16.3 Å². The Morgan fingerprint density at radius 1 is 1.50 bits per heavy atom. The maximum absolute atomic E-state index is 9.66. The molecule has 0 rings (SSSR count). The van der Waals surface area contributed by atoms with Gasteiger partial charge < -0.3 is 10.2 Å². The standard InChI is InChI=1S/C12H22O2/c1-5-9(3)11(13)7-8-12(14)10(4)6-2/h5,10,12-14H,1,6-8H2,2-4H3. The van der Waals surface area contributed by atoms with Crippen molar-refractivity contribution in [3.63, 3.8) is 0 Å². The molecule has 0 bridgehead atoms. The van der Waals surface area contributed by atoms with Gasteiger partial charge in [0.05, 0.1) is 11.9 Å². The van der Waals surface area contributed by atoms with Gasteiger partial charge in [-0.2, -0.15) is 0 Å². The van der Waals surface area contributed by atoms with Crippen molar-refractivity contribution in [2.24, 2.45) is 5.92 Å². The molecule has 14 heavy (non-hydrogen) atoms. The highest BCUT2D eigenvalue weighted by Crippen LogP contribution is 2.16. The molecular weight excluding hydrogens is 176 g/mol.